The van der Waals surface area contributed by atoms with E-state index in [0.717, 1.165) is 6.42 Å². The molecule has 0 spiro atoms. The van der Waals surface area contributed by atoms with Crippen molar-refractivity contribution in [1.82, 2.24) is 9.62 Å². The van der Waals surface area contributed by atoms with Gasteiger partial charge in [0.05, 0.1) is 13.7 Å². The van der Waals surface area contributed by atoms with Gasteiger partial charge in [0.25, 0.3) is 5.91 Å². The number of amides is 1. The number of benzene rings is 1. The van der Waals surface area contributed by atoms with Crippen molar-refractivity contribution in [3.05, 3.63) is 23.8 Å². The number of hydrogen-bond donors (Lipinski definition) is 1. The number of ether oxygens (including phenoxy) is 1. The molecule has 7 heteroatoms. The van der Waals surface area contributed by atoms with Crippen LogP contribution in [0.1, 0.15) is 30.6 Å². The first-order chi connectivity index (χ1) is 11.8. The van der Waals surface area contributed by atoms with Gasteiger partial charge in [-0.1, -0.05) is 19.8 Å². The number of terminal acetylenes is 1. The molecule has 0 saturated carbocycles. The van der Waals surface area contributed by atoms with Crippen LogP contribution in [0.5, 0.6) is 5.75 Å². The van der Waals surface area contributed by atoms with Crippen molar-refractivity contribution >= 4 is 15.9 Å². The minimum absolute atomic E-state index is 0.00431. The fourth-order valence-corrected chi connectivity index (χ4v) is 5.06. The molecule has 25 heavy (non-hydrogen) atoms. The lowest BCUT2D eigenvalue weighted by atomic mass is 9.94. The van der Waals surface area contributed by atoms with Crippen molar-refractivity contribution in [2.45, 2.75) is 25.2 Å². The second-order valence-corrected chi connectivity index (χ2v) is 8.43. The quantitative estimate of drug-likeness (QED) is 0.808. The normalized spacial score (nSPS) is 21.4. The standard InChI is InChI=1S/C18H24N2O4S/c1-5-8-19-18(21)15-6-7-16(24-4)17(10-15)25(22,23)20-11-13(2)9-14(3)12-20/h1,6-7,10,13-14H,8-9,11-12H2,2-4H3,(H,19,21)/t13-,14+. The van der Waals surface area contributed by atoms with Crippen molar-refractivity contribution < 1.29 is 17.9 Å². The van der Waals surface area contributed by atoms with Crippen LogP contribution < -0.4 is 10.1 Å². The molecule has 1 heterocycles. The van der Waals surface area contributed by atoms with E-state index in [2.05, 4.69) is 11.2 Å². The Bertz CT molecular complexity index is 773. The maximum atomic E-state index is 13.1. The Morgan fingerprint density at radius 2 is 2.00 bits per heavy atom. The van der Waals surface area contributed by atoms with Crippen LogP contribution in [-0.2, 0) is 10.0 Å². The highest BCUT2D eigenvalue weighted by molar-refractivity contribution is 7.89. The van der Waals surface area contributed by atoms with Crippen LogP contribution in [-0.4, -0.2) is 45.4 Å². The fourth-order valence-electron chi connectivity index (χ4n) is 3.19. The van der Waals surface area contributed by atoms with Crippen LogP contribution in [0.4, 0.5) is 0 Å². The number of hydrogen-bond acceptors (Lipinski definition) is 4. The molecule has 1 aromatic rings. The minimum atomic E-state index is -3.76. The fraction of sp³-hybridized carbons (Fsp3) is 0.500. The van der Waals surface area contributed by atoms with Crippen molar-refractivity contribution in [3.8, 4) is 18.1 Å². The van der Waals surface area contributed by atoms with Gasteiger partial charge in [-0.25, -0.2) is 8.42 Å². The average molecular weight is 364 g/mol. The van der Waals surface area contributed by atoms with Crippen molar-refractivity contribution in [1.29, 1.82) is 0 Å². The summed E-state index contributed by atoms with van der Waals surface area (Å²) in [6, 6.07) is 4.36. The van der Waals surface area contributed by atoms with E-state index in [1.807, 2.05) is 13.8 Å². The maximum Gasteiger partial charge on any atom is 0.252 e. The molecule has 1 aromatic carbocycles. The topological polar surface area (TPSA) is 75.7 Å². The van der Waals surface area contributed by atoms with Crippen LogP contribution in [0, 0.1) is 24.2 Å². The maximum absolute atomic E-state index is 13.1. The molecular formula is C18H24N2O4S. The van der Waals surface area contributed by atoms with Gasteiger partial charge >= 0.3 is 0 Å². The van der Waals surface area contributed by atoms with Crippen LogP contribution in [0.2, 0.25) is 0 Å². The zero-order valence-corrected chi connectivity index (χ0v) is 15.6. The molecule has 136 valence electrons. The number of carbonyl (C=O) groups excluding carboxylic acids is 1. The number of piperidine rings is 1. The first-order valence-corrected chi connectivity index (χ1v) is 9.63. The van der Waals surface area contributed by atoms with Crippen LogP contribution >= 0.6 is 0 Å². The predicted molar refractivity (Wildman–Crippen MR) is 95.9 cm³/mol. The largest absolute Gasteiger partial charge is 0.495 e. The summed E-state index contributed by atoms with van der Waals surface area (Å²) in [5.74, 6) is 2.68. The summed E-state index contributed by atoms with van der Waals surface area (Å²) in [5.41, 5.74) is 0.229. The Kier molecular flexibility index (Phi) is 6.09. The van der Waals surface area contributed by atoms with Crippen LogP contribution in [0.3, 0.4) is 0 Å². The Morgan fingerprint density at radius 3 is 2.56 bits per heavy atom. The molecule has 1 saturated heterocycles. The van der Waals surface area contributed by atoms with E-state index in [4.69, 9.17) is 11.2 Å². The molecular weight excluding hydrogens is 340 g/mol. The van der Waals surface area contributed by atoms with Gasteiger partial charge in [-0.3, -0.25) is 4.79 Å². The molecule has 2 rings (SSSR count). The smallest absolute Gasteiger partial charge is 0.252 e. The van der Waals surface area contributed by atoms with E-state index in [9.17, 15) is 13.2 Å². The molecule has 1 aliphatic heterocycles. The molecule has 0 aliphatic carbocycles. The average Bonchev–Trinajstić information content (AvgIpc) is 2.58. The molecule has 0 bridgehead atoms. The molecule has 0 aromatic heterocycles. The molecule has 1 N–H and O–H groups in total. The van der Waals surface area contributed by atoms with Gasteiger partial charge in [-0.15, -0.1) is 6.42 Å². The highest BCUT2D eigenvalue weighted by Gasteiger charge is 2.34. The Morgan fingerprint density at radius 1 is 1.36 bits per heavy atom. The number of nitrogens with zero attached hydrogens (tertiary/aromatic N) is 1. The molecule has 6 nitrogen and oxygen atoms in total. The number of sulfonamides is 1. The highest BCUT2D eigenvalue weighted by Crippen LogP contribution is 2.32. The van der Waals surface area contributed by atoms with Gasteiger partial charge in [0.1, 0.15) is 10.6 Å². The van der Waals surface area contributed by atoms with Gasteiger partial charge in [0.15, 0.2) is 0 Å². The third-order valence-electron chi connectivity index (χ3n) is 4.23. The predicted octanol–water partition coefficient (Wildman–Crippen LogP) is 1.72. The summed E-state index contributed by atoms with van der Waals surface area (Å²) >= 11 is 0. The van der Waals surface area contributed by atoms with Gasteiger partial charge in [0, 0.05) is 18.7 Å². The van der Waals surface area contributed by atoms with E-state index in [1.165, 1.54) is 29.6 Å². The van der Waals surface area contributed by atoms with E-state index >= 15 is 0 Å². The SMILES string of the molecule is C#CCNC(=O)c1ccc(OC)c(S(=O)(=O)N2C[C@H](C)C[C@H](C)C2)c1. The first kappa shape index (κ1) is 19.3. The lowest BCUT2D eigenvalue weighted by Crippen LogP contribution is -2.42. The summed E-state index contributed by atoms with van der Waals surface area (Å²) in [6.07, 6.45) is 6.13. The monoisotopic (exact) mass is 364 g/mol. The third-order valence-corrected chi connectivity index (χ3v) is 6.08. The molecule has 1 aliphatic rings. The zero-order valence-electron chi connectivity index (χ0n) is 14.8. The first-order valence-electron chi connectivity index (χ1n) is 8.19. The highest BCUT2D eigenvalue weighted by atomic mass is 32.2. The summed E-state index contributed by atoms with van der Waals surface area (Å²) in [5, 5.41) is 2.53. The summed E-state index contributed by atoms with van der Waals surface area (Å²) in [6.45, 7) is 5.08. The summed E-state index contributed by atoms with van der Waals surface area (Å²) in [7, 11) is -2.35. The van der Waals surface area contributed by atoms with Crippen molar-refractivity contribution in [2.24, 2.45) is 11.8 Å². The van der Waals surface area contributed by atoms with E-state index in [-0.39, 0.29) is 34.6 Å². The van der Waals surface area contributed by atoms with Crippen LogP contribution in [0.15, 0.2) is 23.1 Å². The van der Waals surface area contributed by atoms with Gasteiger partial charge in [0.2, 0.25) is 10.0 Å². The van der Waals surface area contributed by atoms with Gasteiger partial charge in [-0.2, -0.15) is 4.31 Å². The molecule has 2 atom stereocenters. The molecule has 0 radical (unpaired) electrons. The number of carbonyl (C=O) groups is 1. The van der Waals surface area contributed by atoms with Crippen molar-refractivity contribution in [2.75, 3.05) is 26.7 Å². The number of nitrogens with one attached hydrogen (secondary N) is 1. The van der Waals surface area contributed by atoms with Crippen molar-refractivity contribution in [3.63, 3.8) is 0 Å². The summed E-state index contributed by atoms with van der Waals surface area (Å²) < 4.78 is 33.0. The van der Waals surface area contributed by atoms with Crippen LogP contribution in [0.25, 0.3) is 0 Å². The number of rotatable bonds is 5. The van der Waals surface area contributed by atoms with E-state index in [0.29, 0.717) is 13.1 Å². The van der Waals surface area contributed by atoms with Gasteiger partial charge in [-0.05, 0) is 36.5 Å². The molecule has 0 unspecified atom stereocenters. The molecule has 1 amide bonds. The minimum Gasteiger partial charge on any atom is -0.495 e. The number of methoxy groups -OCH3 is 1. The Hall–Kier alpha value is -2.04. The van der Waals surface area contributed by atoms with Gasteiger partial charge < -0.3 is 10.1 Å². The van der Waals surface area contributed by atoms with E-state index < -0.39 is 15.9 Å². The Labute approximate surface area is 149 Å². The lowest BCUT2D eigenvalue weighted by Gasteiger charge is -2.34. The molecule has 1 fully saturated rings. The van der Waals surface area contributed by atoms with E-state index in [1.54, 1.807) is 0 Å². The summed E-state index contributed by atoms with van der Waals surface area (Å²) in [4.78, 5) is 12.1. The zero-order chi connectivity index (χ0) is 18.6. The second kappa shape index (κ2) is 7.89. The second-order valence-electron chi connectivity index (χ2n) is 6.52. The Balaban J connectivity index is 2.41. The lowest BCUT2D eigenvalue weighted by molar-refractivity contribution is 0.0958. The third kappa shape index (κ3) is 4.33.